The Morgan fingerprint density at radius 1 is 0.594 bits per heavy atom. The third-order valence-corrected chi connectivity index (χ3v) is 7.99. The van der Waals surface area contributed by atoms with Gasteiger partial charge in [0.2, 0.25) is 0 Å². The van der Waals surface area contributed by atoms with Crippen LogP contribution >= 0.6 is 7.92 Å². The molecule has 1 amide bonds. The highest BCUT2D eigenvalue weighted by molar-refractivity contribution is 7.82. The number of hydrogen-bond acceptors (Lipinski definition) is 2. The Bertz CT molecular complexity index is 1170. The Balaban J connectivity index is 1.92. The molecule has 4 aromatic rings. The van der Waals surface area contributed by atoms with E-state index >= 15 is 0 Å². The van der Waals surface area contributed by atoms with Crippen LogP contribution in [0.4, 0.5) is 0 Å². The number of aldehydes is 1. The van der Waals surface area contributed by atoms with Crippen molar-refractivity contribution in [1.82, 2.24) is 5.32 Å². The Morgan fingerprint density at radius 3 is 1.44 bits per heavy atom. The van der Waals surface area contributed by atoms with Crippen LogP contribution in [0.15, 0.2) is 127 Å². The first-order chi connectivity index (χ1) is 15.8. The van der Waals surface area contributed by atoms with Gasteiger partial charge in [0.15, 0.2) is 6.29 Å². The SMILES string of the molecule is O=C/C(NC(=O)c1ccccc1)=C(\c1ccccc1)[PH+](c1ccccc1)c1ccccc1. The lowest BCUT2D eigenvalue weighted by atomic mass is 10.1. The molecular formula is C28H23NO2P+. The lowest BCUT2D eigenvalue weighted by molar-refractivity contribution is -0.105. The number of amides is 1. The van der Waals surface area contributed by atoms with E-state index in [2.05, 4.69) is 29.6 Å². The van der Waals surface area contributed by atoms with Crippen LogP contribution in [0.1, 0.15) is 15.9 Å². The lowest BCUT2D eigenvalue weighted by Crippen LogP contribution is -2.26. The van der Waals surface area contributed by atoms with E-state index < -0.39 is 7.92 Å². The molecule has 0 fully saturated rings. The minimum absolute atomic E-state index is 0.298. The molecule has 0 unspecified atom stereocenters. The van der Waals surface area contributed by atoms with Gasteiger partial charge >= 0.3 is 0 Å². The molecule has 0 saturated heterocycles. The minimum Gasteiger partial charge on any atom is -0.316 e. The smallest absolute Gasteiger partial charge is 0.255 e. The van der Waals surface area contributed by atoms with E-state index in [-0.39, 0.29) is 5.91 Å². The van der Waals surface area contributed by atoms with Gasteiger partial charge in [-0.15, -0.1) is 0 Å². The molecule has 0 aliphatic heterocycles. The second-order valence-corrected chi connectivity index (χ2v) is 9.60. The molecular weight excluding hydrogens is 413 g/mol. The maximum Gasteiger partial charge on any atom is 0.255 e. The number of rotatable bonds is 7. The first kappa shape index (κ1) is 21.4. The fraction of sp³-hybridized carbons (Fsp3) is 0. The quantitative estimate of drug-likeness (QED) is 0.256. The molecule has 0 aliphatic carbocycles. The van der Waals surface area contributed by atoms with Crippen molar-refractivity contribution in [2.24, 2.45) is 0 Å². The average molecular weight is 436 g/mol. The first-order valence-corrected chi connectivity index (χ1v) is 11.9. The standard InChI is InChI=1S/C28H22NO2P/c30-21-26(29-28(31)23-15-7-2-8-16-23)27(22-13-5-1-6-14-22)32(24-17-9-3-10-18-24)25-19-11-4-12-20-25/h1-21H,(H,29,31)/p+1/b27-26-. The van der Waals surface area contributed by atoms with E-state index in [0.29, 0.717) is 11.3 Å². The number of benzene rings is 4. The van der Waals surface area contributed by atoms with Gasteiger partial charge in [-0.05, 0) is 36.4 Å². The van der Waals surface area contributed by atoms with Gasteiger partial charge in [0.1, 0.15) is 29.5 Å². The minimum atomic E-state index is -1.59. The molecule has 0 aromatic heterocycles. The first-order valence-electron chi connectivity index (χ1n) is 10.4. The number of carbonyl (C=O) groups is 2. The van der Waals surface area contributed by atoms with Gasteiger partial charge in [0.05, 0.1) is 0 Å². The summed E-state index contributed by atoms with van der Waals surface area (Å²) >= 11 is 0. The predicted octanol–water partition coefficient (Wildman–Crippen LogP) is 4.85. The van der Waals surface area contributed by atoms with Crippen LogP contribution in [0, 0.1) is 0 Å². The van der Waals surface area contributed by atoms with Gasteiger partial charge in [-0.25, -0.2) is 0 Å². The predicted molar refractivity (Wildman–Crippen MR) is 134 cm³/mol. The van der Waals surface area contributed by atoms with Crippen LogP contribution in [0.2, 0.25) is 0 Å². The summed E-state index contributed by atoms with van der Waals surface area (Å²) in [5.41, 5.74) is 1.73. The van der Waals surface area contributed by atoms with Crippen LogP contribution < -0.4 is 15.9 Å². The summed E-state index contributed by atoms with van der Waals surface area (Å²) in [6, 6.07) is 39.1. The van der Waals surface area contributed by atoms with Crippen LogP contribution in [0.25, 0.3) is 5.31 Å². The van der Waals surface area contributed by atoms with Crippen molar-refractivity contribution in [3.05, 3.63) is 138 Å². The fourth-order valence-electron chi connectivity index (χ4n) is 3.64. The molecule has 32 heavy (non-hydrogen) atoms. The molecule has 4 heteroatoms. The van der Waals surface area contributed by atoms with Gasteiger partial charge in [-0.2, -0.15) is 0 Å². The Hall–Kier alpha value is -3.81. The molecule has 0 bridgehead atoms. The molecule has 3 nitrogen and oxygen atoms in total. The summed E-state index contributed by atoms with van der Waals surface area (Å²) in [5, 5.41) is 6.02. The molecule has 1 N–H and O–H groups in total. The number of nitrogens with one attached hydrogen (secondary N) is 1. The Kier molecular flexibility index (Phi) is 7.01. The second kappa shape index (κ2) is 10.5. The highest BCUT2D eigenvalue weighted by Gasteiger charge is 2.32. The summed E-state index contributed by atoms with van der Waals surface area (Å²) in [7, 11) is -1.59. The molecule has 4 aromatic carbocycles. The van der Waals surface area contributed by atoms with Crippen molar-refractivity contribution >= 4 is 36.0 Å². The third-order valence-electron chi connectivity index (χ3n) is 5.11. The zero-order valence-corrected chi connectivity index (χ0v) is 18.4. The Labute approximate surface area is 189 Å². The van der Waals surface area contributed by atoms with Crippen molar-refractivity contribution in [2.75, 3.05) is 0 Å². The molecule has 0 radical (unpaired) electrons. The number of allylic oxidation sites excluding steroid dienone is 1. The summed E-state index contributed by atoms with van der Waals surface area (Å²) in [6.45, 7) is 0. The number of hydrogen-bond donors (Lipinski definition) is 1. The van der Waals surface area contributed by atoms with E-state index in [0.717, 1.165) is 27.8 Å². The van der Waals surface area contributed by atoms with Crippen LogP contribution in [0.3, 0.4) is 0 Å². The van der Waals surface area contributed by atoms with Crippen molar-refractivity contribution in [2.45, 2.75) is 0 Å². The maximum absolute atomic E-state index is 13.0. The fourth-order valence-corrected chi connectivity index (χ4v) is 6.45. The topological polar surface area (TPSA) is 46.2 Å². The van der Waals surface area contributed by atoms with Gasteiger partial charge in [0, 0.05) is 11.1 Å². The third kappa shape index (κ3) is 4.91. The zero-order chi connectivity index (χ0) is 22.2. The van der Waals surface area contributed by atoms with E-state index in [1.54, 1.807) is 24.3 Å². The normalized spacial score (nSPS) is 11.5. The second-order valence-electron chi connectivity index (χ2n) is 7.20. The van der Waals surface area contributed by atoms with Crippen LogP contribution in [0.5, 0.6) is 0 Å². The number of carbonyl (C=O) groups excluding carboxylic acids is 2. The zero-order valence-electron chi connectivity index (χ0n) is 17.4. The highest BCUT2D eigenvalue weighted by Crippen LogP contribution is 2.49. The molecule has 156 valence electrons. The largest absolute Gasteiger partial charge is 0.316 e. The van der Waals surface area contributed by atoms with E-state index in [4.69, 9.17) is 0 Å². The monoisotopic (exact) mass is 436 g/mol. The summed E-state index contributed by atoms with van der Waals surface area (Å²) in [5.74, 6) is -0.302. The molecule has 0 aliphatic rings. The Morgan fingerprint density at radius 2 is 1.00 bits per heavy atom. The van der Waals surface area contributed by atoms with Crippen LogP contribution in [-0.4, -0.2) is 12.2 Å². The summed E-state index contributed by atoms with van der Waals surface area (Å²) in [4.78, 5) is 25.3. The molecule has 0 heterocycles. The van der Waals surface area contributed by atoms with E-state index in [1.165, 1.54) is 0 Å². The molecule has 4 rings (SSSR count). The molecule has 0 atom stereocenters. The van der Waals surface area contributed by atoms with Crippen LogP contribution in [-0.2, 0) is 4.79 Å². The van der Waals surface area contributed by atoms with Gasteiger partial charge in [0.25, 0.3) is 5.91 Å². The highest BCUT2D eigenvalue weighted by atomic mass is 31.1. The van der Waals surface area contributed by atoms with Gasteiger partial charge in [-0.1, -0.05) is 84.9 Å². The van der Waals surface area contributed by atoms with E-state index in [1.807, 2.05) is 72.8 Å². The van der Waals surface area contributed by atoms with Crippen molar-refractivity contribution < 1.29 is 9.59 Å². The van der Waals surface area contributed by atoms with Crippen molar-refractivity contribution in [3.63, 3.8) is 0 Å². The molecule has 0 spiro atoms. The summed E-state index contributed by atoms with van der Waals surface area (Å²) < 4.78 is 0. The lowest BCUT2D eigenvalue weighted by Gasteiger charge is -2.17. The van der Waals surface area contributed by atoms with Crippen molar-refractivity contribution in [1.29, 1.82) is 0 Å². The van der Waals surface area contributed by atoms with Gasteiger partial charge in [-0.3, -0.25) is 9.59 Å². The average Bonchev–Trinajstić information content (AvgIpc) is 2.88. The molecule has 0 saturated carbocycles. The van der Waals surface area contributed by atoms with Crippen molar-refractivity contribution in [3.8, 4) is 0 Å². The van der Waals surface area contributed by atoms with Gasteiger partial charge < -0.3 is 5.32 Å². The maximum atomic E-state index is 13.0. The summed E-state index contributed by atoms with van der Waals surface area (Å²) in [6.07, 6.45) is 0.764. The van der Waals surface area contributed by atoms with E-state index in [9.17, 15) is 9.59 Å².